The van der Waals surface area contributed by atoms with Crippen LogP contribution < -0.4 is 10.4 Å². The fraction of sp³-hybridized carbons (Fsp3) is 0.269. The molecule has 0 atom stereocenters. The van der Waals surface area contributed by atoms with E-state index in [9.17, 15) is 4.79 Å². The van der Waals surface area contributed by atoms with Crippen LogP contribution in [0.15, 0.2) is 81.0 Å². The molecule has 3 nitrogen and oxygen atoms in total. The summed E-state index contributed by atoms with van der Waals surface area (Å²) in [6, 6.07) is 15.4. The smallest absolute Gasteiger partial charge is 0.336 e. The van der Waals surface area contributed by atoms with Crippen LogP contribution in [0.3, 0.4) is 0 Å². The molecule has 0 saturated heterocycles. The molecule has 0 radical (unpaired) electrons. The van der Waals surface area contributed by atoms with Gasteiger partial charge in [0, 0.05) is 17.0 Å². The zero-order chi connectivity index (χ0) is 20.8. The topological polar surface area (TPSA) is 39.4 Å². The maximum absolute atomic E-state index is 12.2. The fourth-order valence-electron chi connectivity index (χ4n) is 3.32. The van der Waals surface area contributed by atoms with Gasteiger partial charge in [0.05, 0.1) is 0 Å². The van der Waals surface area contributed by atoms with Gasteiger partial charge in [-0.15, -0.1) is 0 Å². The Balaban J connectivity index is 1.84. The highest BCUT2D eigenvalue weighted by Gasteiger charge is 2.13. The Morgan fingerprint density at radius 1 is 1.03 bits per heavy atom. The van der Waals surface area contributed by atoms with Gasteiger partial charge in [0.25, 0.3) is 0 Å². The van der Waals surface area contributed by atoms with Gasteiger partial charge in [0.1, 0.15) is 17.9 Å². The van der Waals surface area contributed by atoms with Gasteiger partial charge in [0.15, 0.2) is 0 Å². The third-order valence-electron chi connectivity index (χ3n) is 4.96. The summed E-state index contributed by atoms with van der Waals surface area (Å²) in [6.07, 6.45) is 6.44. The number of allylic oxidation sites excluding steroid dienone is 3. The van der Waals surface area contributed by atoms with Crippen molar-refractivity contribution in [2.75, 3.05) is 6.61 Å². The van der Waals surface area contributed by atoms with Crippen LogP contribution in [0.5, 0.6) is 5.75 Å². The van der Waals surface area contributed by atoms with E-state index >= 15 is 0 Å². The van der Waals surface area contributed by atoms with Gasteiger partial charge >= 0.3 is 5.63 Å². The molecule has 3 rings (SSSR count). The van der Waals surface area contributed by atoms with E-state index in [1.807, 2.05) is 49.4 Å². The predicted octanol–water partition coefficient (Wildman–Crippen LogP) is 6.84. The van der Waals surface area contributed by atoms with Crippen molar-refractivity contribution in [2.45, 2.75) is 40.5 Å². The third-order valence-corrected chi connectivity index (χ3v) is 4.96. The Kier molecular flexibility index (Phi) is 6.71. The quantitative estimate of drug-likeness (QED) is 0.328. The average molecular weight is 389 g/mol. The molecule has 0 bridgehead atoms. The zero-order valence-corrected chi connectivity index (χ0v) is 17.6. The summed E-state index contributed by atoms with van der Waals surface area (Å²) < 4.78 is 11.5. The van der Waals surface area contributed by atoms with Crippen LogP contribution >= 0.6 is 0 Å². The lowest BCUT2D eigenvalue weighted by Crippen LogP contribution is -2.01. The van der Waals surface area contributed by atoms with Crippen molar-refractivity contribution in [1.29, 1.82) is 0 Å². The van der Waals surface area contributed by atoms with E-state index in [4.69, 9.17) is 9.15 Å². The van der Waals surface area contributed by atoms with Crippen molar-refractivity contribution < 1.29 is 9.15 Å². The maximum Gasteiger partial charge on any atom is 0.336 e. The molecule has 0 aliphatic heterocycles. The second kappa shape index (κ2) is 9.42. The van der Waals surface area contributed by atoms with E-state index < -0.39 is 0 Å². The minimum absolute atomic E-state index is 0.355. The second-order valence-corrected chi connectivity index (χ2v) is 7.59. The molecule has 1 aromatic heterocycles. The minimum atomic E-state index is -0.355. The van der Waals surface area contributed by atoms with Gasteiger partial charge in [-0.2, -0.15) is 0 Å². The molecule has 29 heavy (non-hydrogen) atoms. The van der Waals surface area contributed by atoms with Gasteiger partial charge in [-0.1, -0.05) is 47.6 Å². The van der Waals surface area contributed by atoms with Crippen molar-refractivity contribution >= 4 is 11.0 Å². The molecule has 3 heteroatoms. The van der Waals surface area contributed by atoms with Gasteiger partial charge in [-0.05, 0) is 69.9 Å². The molecule has 0 unspecified atom stereocenters. The predicted molar refractivity (Wildman–Crippen MR) is 121 cm³/mol. The monoisotopic (exact) mass is 388 g/mol. The summed E-state index contributed by atoms with van der Waals surface area (Å²) in [7, 11) is 0. The van der Waals surface area contributed by atoms with Crippen LogP contribution in [-0.2, 0) is 0 Å². The summed E-state index contributed by atoms with van der Waals surface area (Å²) >= 11 is 0. The molecular formula is C26H28O3. The second-order valence-electron chi connectivity index (χ2n) is 7.59. The lowest BCUT2D eigenvalue weighted by atomic mass is 10.0. The lowest BCUT2D eigenvalue weighted by molar-refractivity contribution is 0.358. The fourth-order valence-corrected chi connectivity index (χ4v) is 3.32. The Hall–Kier alpha value is -3.07. The standard InChI is InChI=1S/C26H28O3/c1-18(2)9-8-10-19(3)15-16-28-24-14-13-22-23(21-11-6-5-7-12-21)17-25(27)29-26(22)20(24)4/h5-7,9,11-15,17H,8,10,16H2,1-4H3. The molecule has 2 aromatic carbocycles. The van der Waals surface area contributed by atoms with E-state index in [0.29, 0.717) is 12.2 Å². The van der Waals surface area contributed by atoms with E-state index in [-0.39, 0.29) is 5.63 Å². The molecular weight excluding hydrogens is 360 g/mol. The zero-order valence-electron chi connectivity index (χ0n) is 17.6. The first-order chi connectivity index (χ1) is 14.0. The average Bonchev–Trinajstić information content (AvgIpc) is 2.70. The van der Waals surface area contributed by atoms with Crippen molar-refractivity contribution in [1.82, 2.24) is 0 Å². The number of hydrogen-bond acceptors (Lipinski definition) is 3. The Bertz CT molecular complexity index is 1100. The highest BCUT2D eigenvalue weighted by Crippen LogP contribution is 2.33. The first kappa shape index (κ1) is 20.7. The van der Waals surface area contributed by atoms with Crippen molar-refractivity contribution in [2.24, 2.45) is 0 Å². The number of ether oxygens (including phenoxy) is 1. The van der Waals surface area contributed by atoms with E-state index in [1.165, 1.54) is 11.1 Å². The molecule has 3 aromatic rings. The number of aryl methyl sites for hydroxylation is 1. The highest BCUT2D eigenvalue weighted by atomic mass is 16.5. The lowest BCUT2D eigenvalue weighted by Gasteiger charge is -2.12. The maximum atomic E-state index is 12.2. The number of hydrogen-bond donors (Lipinski definition) is 0. The highest BCUT2D eigenvalue weighted by molar-refractivity contribution is 5.95. The van der Waals surface area contributed by atoms with Crippen LogP contribution in [0.4, 0.5) is 0 Å². The first-order valence-corrected chi connectivity index (χ1v) is 10.0. The molecule has 0 fully saturated rings. The molecule has 0 saturated carbocycles. The van der Waals surface area contributed by atoms with Crippen LogP contribution in [-0.4, -0.2) is 6.61 Å². The SMILES string of the molecule is CC(C)=CCCC(C)=CCOc1ccc2c(-c3ccccc3)cc(=O)oc2c1C. The van der Waals surface area contributed by atoms with Gasteiger partial charge in [0.2, 0.25) is 0 Å². The van der Waals surface area contributed by atoms with Crippen molar-refractivity contribution in [3.8, 4) is 16.9 Å². The first-order valence-electron chi connectivity index (χ1n) is 10.0. The normalized spacial score (nSPS) is 11.5. The number of fused-ring (bicyclic) bond motifs is 1. The summed E-state index contributed by atoms with van der Waals surface area (Å²) in [5.74, 6) is 0.735. The molecule has 0 aliphatic rings. The summed E-state index contributed by atoms with van der Waals surface area (Å²) in [5.41, 5.74) is 5.59. The summed E-state index contributed by atoms with van der Waals surface area (Å²) in [4.78, 5) is 12.2. The molecule has 0 aliphatic carbocycles. The van der Waals surface area contributed by atoms with E-state index in [2.05, 4.69) is 32.9 Å². The van der Waals surface area contributed by atoms with Crippen LogP contribution in [0.25, 0.3) is 22.1 Å². The van der Waals surface area contributed by atoms with Crippen molar-refractivity contribution in [3.05, 3.63) is 87.8 Å². The van der Waals surface area contributed by atoms with Crippen LogP contribution in [0, 0.1) is 6.92 Å². The van der Waals surface area contributed by atoms with Crippen molar-refractivity contribution in [3.63, 3.8) is 0 Å². The largest absolute Gasteiger partial charge is 0.489 e. The van der Waals surface area contributed by atoms with Crippen LogP contribution in [0.1, 0.15) is 39.2 Å². The number of benzene rings is 2. The van der Waals surface area contributed by atoms with Gasteiger partial charge in [-0.25, -0.2) is 4.79 Å². The molecule has 1 heterocycles. The Morgan fingerprint density at radius 2 is 1.79 bits per heavy atom. The summed E-state index contributed by atoms with van der Waals surface area (Å²) in [5, 5.41) is 0.911. The minimum Gasteiger partial charge on any atom is -0.489 e. The third kappa shape index (κ3) is 5.26. The molecule has 0 spiro atoms. The Labute approximate surface area is 172 Å². The molecule has 0 N–H and O–H groups in total. The Morgan fingerprint density at radius 3 is 2.52 bits per heavy atom. The number of rotatable bonds is 7. The van der Waals surface area contributed by atoms with E-state index in [0.717, 1.165) is 40.7 Å². The van der Waals surface area contributed by atoms with E-state index in [1.54, 1.807) is 6.07 Å². The summed E-state index contributed by atoms with van der Waals surface area (Å²) in [6.45, 7) is 8.79. The molecule has 150 valence electrons. The van der Waals surface area contributed by atoms with Gasteiger partial charge in [-0.3, -0.25) is 0 Å². The van der Waals surface area contributed by atoms with Gasteiger partial charge < -0.3 is 9.15 Å². The molecule has 0 amide bonds. The van der Waals surface area contributed by atoms with Crippen LogP contribution in [0.2, 0.25) is 0 Å².